The molecule has 8 nitrogen and oxygen atoms in total. The molecule has 0 spiro atoms. The SMILES string of the molecule is CCOC(=O)[C@H]1CCC[NH+](Cc2nnc(-c3c(-c4ccccc4)noc3C)o2)C1. The molecule has 1 aliphatic heterocycles. The maximum absolute atomic E-state index is 12.1. The molecule has 152 valence electrons. The van der Waals surface area contributed by atoms with E-state index in [1.807, 2.05) is 44.2 Å². The molecule has 1 aromatic carbocycles. The molecule has 0 radical (unpaired) electrons. The fourth-order valence-electron chi connectivity index (χ4n) is 3.83. The van der Waals surface area contributed by atoms with Gasteiger partial charge in [0, 0.05) is 5.56 Å². The molecule has 0 aliphatic carbocycles. The van der Waals surface area contributed by atoms with Crippen molar-refractivity contribution in [1.29, 1.82) is 0 Å². The zero-order chi connectivity index (χ0) is 20.2. The number of carbonyl (C=O) groups excluding carboxylic acids is 1. The van der Waals surface area contributed by atoms with E-state index in [1.54, 1.807) is 0 Å². The summed E-state index contributed by atoms with van der Waals surface area (Å²) in [4.78, 5) is 13.3. The summed E-state index contributed by atoms with van der Waals surface area (Å²) in [5.41, 5.74) is 2.33. The maximum Gasteiger partial charge on any atom is 0.314 e. The van der Waals surface area contributed by atoms with Crippen LogP contribution in [0.15, 0.2) is 39.3 Å². The van der Waals surface area contributed by atoms with Crippen molar-refractivity contribution in [3.8, 4) is 22.7 Å². The number of esters is 1. The van der Waals surface area contributed by atoms with Crippen molar-refractivity contribution in [3.63, 3.8) is 0 Å². The molecular weight excluding hydrogens is 372 g/mol. The van der Waals surface area contributed by atoms with Crippen LogP contribution in [0, 0.1) is 12.8 Å². The van der Waals surface area contributed by atoms with Crippen molar-refractivity contribution in [1.82, 2.24) is 15.4 Å². The fraction of sp³-hybridized carbons (Fsp3) is 0.429. The first kappa shape index (κ1) is 19.3. The molecule has 3 aromatic rings. The summed E-state index contributed by atoms with van der Waals surface area (Å²) in [6.45, 7) is 6.35. The molecule has 1 fully saturated rings. The zero-order valence-electron chi connectivity index (χ0n) is 16.7. The quantitative estimate of drug-likeness (QED) is 0.636. The lowest BCUT2D eigenvalue weighted by Crippen LogP contribution is -3.12. The van der Waals surface area contributed by atoms with Gasteiger partial charge < -0.3 is 18.6 Å². The standard InChI is InChI=1S/C21H24N4O4/c1-3-27-21(26)16-10-7-11-25(12-16)13-17-22-23-20(28-17)18-14(2)29-24-19(18)15-8-5-4-6-9-15/h4-6,8-9,16H,3,7,10-13H2,1-2H3/p+1/t16-/m0/s1. The Morgan fingerprint density at radius 2 is 2.10 bits per heavy atom. The highest BCUT2D eigenvalue weighted by Gasteiger charge is 2.31. The van der Waals surface area contributed by atoms with Gasteiger partial charge in [-0.05, 0) is 26.7 Å². The third kappa shape index (κ3) is 4.22. The largest absolute Gasteiger partial charge is 0.466 e. The highest BCUT2D eigenvalue weighted by Crippen LogP contribution is 2.33. The Kier molecular flexibility index (Phi) is 5.71. The van der Waals surface area contributed by atoms with E-state index in [0.717, 1.165) is 31.5 Å². The topological polar surface area (TPSA) is 95.7 Å². The zero-order valence-corrected chi connectivity index (χ0v) is 16.7. The Morgan fingerprint density at radius 3 is 2.90 bits per heavy atom. The van der Waals surface area contributed by atoms with Crippen molar-refractivity contribution in [2.45, 2.75) is 33.2 Å². The third-order valence-electron chi connectivity index (χ3n) is 5.23. The number of rotatable bonds is 6. The molecule has 29 heavy (non-hydrogen) atoms. The van der Waals surface area contributed by atoms with Gasteiger partial charge in [0.25, 0.3) is 11.8 Å². The molecule has 0 saturated carbocycles. The minimum absolute atomic E-state index is 0.0638. The van der Waals surface area contributed by atoms with Crippen LogP contribution in [0.3, 0.4) is 0 Å². The molecule has 2 atom stereocenters. The number of hydrogen-bond donors (Lipinski definition) is 1. The Bertz CT molecular complexity index is 966. The van der Waals surface area contributed by atoms with E-state index < -0.39 is 0 Å². The van der Waals surface area contributed by atoms with Gasteiger partial charge in [-0.3, -0.25) is 4.79 Å². The monoisotopic (exact) mass is 397 g/mol. The van der Waals surface area contributed by atoms with E-state index in [-0.39, 0.29) is 11.9 Å². The molecule has 4 rings (SSSR count). The number of aryl methyl sites for hydroxylation is 1. The summed E-state index contributed by atoms with van der Waals surface area (Å²) in [6, 6.07) is 9.77. The number of ether oxygens (including phenoxy) is 1. The van der Waals surface area contributed by atoms with Crippen LogP contribution in [-0.2, 0) is 16.1 Å². The van der Waals surface area contributed by atoms with Crippen LogP contribution in [0.2, 0.25) is 0 Å². The van der Waals surface area contributed by atoms with Crippen LogP contribution in [0.25, 0.3) is 22.7 Å². The molecule has 3 heterocycles. The van der Waals surface area contributed by atoms with Gasteiger partial charge in [0.1, 0.15) is 22.9 Å². The number of piperidine rings is 1. The van der Waals surface area contributed by atoms with Crippen LogP contribution < -0.4 is 4.90 Å². The van der Waals surface area contributed by atoms with Crippen molar-refractivity contribution >= 4 is 5.97 Å². The fourth-order valence-corrected chi connectivity index (χ4v) is 3.83. The summed E-state index contributed by atoms with van der Waals surface area (Å²) in [7, 11) is 0. The molecular formula is C21H25N4O4+. The van der Waals surface area contributed by atoms with Crippen molar-refractivity contribution in [2.24, 2.45) is 5.92 Å². The van der Waals surface area contributed by atoms with Crippen molar-refractivity contribution in [2.75, 3.05) is 19.7 Å². The number of likely N-dealkylation sites (tertiary alicyclic amines) is 1. The molecule has 1 aliphatic rings. The predicted octanol–water partition coefficient (Wildman–Crippen LogP) is 2.06. The number of quaternary nitrogens is 1. The van der Waals surface area contributed by atoms with Crippen molar-refractivity contribution < 1.29 is 23.4 Å². The van der Waals surface area contributed by atoms with E-state index in [9.17, 15) is 4.79 Å². The number of aromatic nitrogens is 3. The maximum atomic E-state index is 12.1. The summed E-state index contributed by atoms with van der Waals surface area (Å²) in [5, 5.41) is 12.6. The summed E-state index contributed by atoms with van der Waals surface area (Å²) in [5.74, 6) is 1.40. The number of hydrogen-bond acceptors (Lipinski definition) is 7. The lowest BCUT2D eigenvalue weighted by Gasteiger charge is -2.27. The van der Waals surface area contributed by atoms with E-state index in [4.69, 9.17) is 13.7 Å². The molecule has 2 aromatic heterocycles. The Hall–Kier alpha value is -3.00. The van der Waals surface area contributed by atoms with Gasteiger partial charge in [-0.25, -0.2) is 0 Å². The first-order valence-corrected chi connectivity index (χ1v) is 10.00. The third-order valence-corrected chi connectivity index (χ3v) is 5.23. The lowest BCUT2D eigenvalue weighted by atomic mass is 9.98. The second-order valence-corrected chi connectivity index (χ2v) is 7.30. The second-order valence-electron chi connectivity index (χ2n) is 7.30. The van der Waals surface area contributed by atoms with Gasteiger partial charge in [0.05, 0.1) is 19.7 Å². The minimum atomic E-state index is -0.108. The molecule has 1 unspecified atom stereocenters. The predicted molar refractivity (Wildman–Crippen MR) is 104 cm³/mol. The van der Waals surface area contributed by atoms with Gasteiger partial charge in [0.2, 0.25) is 0 Å². The minimum Gasteiger partial charge on any atom is -0.466 e. The number of nitrogens with zero attached hydrogens (tertiary/aromatic N) is 3. The first-order chi connectivity index (χ1) is 14.2. The Morgan fingerprint density at radius 1 is 1.28 bits per heavy atom. The van der Waals surface area contributed by atoms with Gasteiger partial charge in [-0.15, -0.1) is 10.2 Å². The summed E-state index contributed by atoms with van der Waals surface area (Å²) < 4.78 is 16.5. The molecule has 8 heteroatoms. The normalized spacial score (nSPS) is 19.2. The number of carbonyl (C=O) groups is 1. The summed E-state index contributed by atoms with van der Waals surface area (Å²) >= 11 is 0. The van der Waals surface area contributed by atoms with Crippen LogP contribution in [0.1, 0.15) is 31.4 Å². The van der Waals surface area contributed by atoms with Crippen molar-refractivity contribution in [3.05, 3.63) is 42.0 Å². The van der Waals surface area contributed by atoms with Crippen LogP contribution in [0.5, 0.6) is 0 Å². The highest BCUT2D eigenvalue weighted by atomic mass is 16.5. The van der Waals surface area contributed by atoms with Crippen LogP contribution >= 0.6 is 0 Å². The lowest BCUT2D eigenvalue weighted by molar-refractivity contribution is -0.922. The Labute approximate surface area is 168 Å². The van der Waals surface area contributed by atoms with Crippen LogP contribution in [-0.4, -0.2) is 41.0 Å². The highest BCUT2D eigenvalue weighted by molar-refractivity contribution is 5.77. The smallest absolute Gasteiger partial charge is 0.314 e. The molecule has 0 bridgehead atoms. The van der Waals surface area contributed by atoms with E-state index in [0.29, 0.717) is 42.0 Å². The van der Waals surface area contributed by atoms with E-state index in [2.05, 4.69) is 15.4 Å². The Balaban J connectivity index is 1.50. The molecule has 1 N–H and O–H groups in total. The van der Waals surface area contributed by atoms with Gasteiger partial charge >= 0.3 is 5.97 Å². The van der Waals surface area contributed by atoms with E-state index in [1.165, 1.54) is 4.90 Å². The molecule has 0 amide bonds. The second kappa shape index (κ2) is 8.57. The average molecular weight is 397 g/mol. The van der Waals surface area contributed by atoms with Crippen LogP contribution in [0.4, 0.5) is 0 Å². The average Bonchev–Trinajstić information content (AvgIpc) is 3.35. The van der Waals surface area contributed by atoms with Gasteiger partial charge in [-0.2, -0.15) is 0 Å². The summed E-state index contributed by atoms with van der Waals surface area (Å²) in [6.07, 6.45) is 1.85. The van der Waals surface area contributed by atoms with Gasteiger partial charge in [-0.1, -0.05) is 35.5 Å². The number of nitrogens with one attached hydrogen (secondary N) is 1. The molecule has 1 saturated heterocycles. The number of benzene rings is 1. The van der Waals surface area contributed by atoms with E-state index >= 15 is 0 Å². The first-order valence-electron chi connectivity index (χ1n) is 10.00. The van der Waals surface area contributed by atoms with Gasteiger partial charge in [0.15, 0.2) is 6.54 Å².